The molecule has 0 unspecified atom stereocenters. The molecule has 5 rings (SSSR count). The van der Waals surface area contributed by atoms with Crippen LogP contribution in [0.3, 0.4) is 0 Å². The van der Waals surface area contributed by atoms with Crippen LogP contribution in [0.5, 0.6) is 5.75 Å². The van der Waals surface area contributed by atoms with Gasteiger partial charge >= 0.3 is 6.61 Å². The molecule has 0 bridgehead atoms. The molecule has 1 aliphatic heterocycles. The smallest absolute Gasteiger partial charge is 0.387 e. The molecule has 41 heavy (non-hydrogen) atoms. The third-order valence-corrected chi connectivity index (χ3v) is 9.16. The van der Waals surface area contributed by atoms with Gasteiger partial charge in [0.2, 0.25) is 5.91 Å². The minimum atomic E-state index is -3.14. The minimum absolute atomic E-state index is 0.0365. The van der Waals surface area contributed by atoms with E-state index in [9.17, 15) is 23.2 Å². The monoisotopic (exact) mass is 610 g/mol. The molecule has 13 heteroatoms. The summed E-state index contributed by atoms with van der Waals surface area (Å²) < 4.78 is 37.2. The van der Waals surface area contributed by atoms with Crippen molar-refractivity contribution in [3.05, 3.63) is 39.5 Å². The first-order chi connectivity index (χ1) is 19.8. The van der Waals surface area contributed by atoms with Gasteiger partial charge in [-0.15, -0.1) is 11.3 Å². The lowest BCUT2D eigenvalue weighted by atomic mass is 9.82. The van der Waals surface area contributed by atoms with Crippen LogP contribution in [-0.2, 0) is 14.3 Å². The number of anilines is 2. The second-order valence-corrected chi connectivity index (χ2v) is 12.3. The van der Waals surface area contributed by atoms with Crippen molar-refractivity contribution >= 4 is 52.0 Å². The second kappa shape index (κ2) is 13.5. The summed E-state index contributed by atoms with van der Waals surface area (Å²) in [5.74, 6) is -0.852. The van der Waals surface area contributed by atoms with Gasteiger partial charge in [0.25, 0.3) is 11.8 Å². The molecule has 3 amide bonds. The van der Waals surface area contributed by atoms with Gasteiger partial charge in [0, 0.05) is 37.4 Å². The number of carbonyl (C=O) groups excluding carboxylic acids is 3. The minimum Gasteiger partial charge on any atom is -0.433 e. The number of nitrogens with zero attached hydrogens (tertiary/aromatic N) is 2. The van der Waals surface area contributed by atoms with Crippen molar-refractivity contribution in [2.24, 2.45) is 5.92 Å². The molecule has 2 N–H and O–H groups in total. The molecule has 1 aromatic heterocycles. The summed E-state index contributed by atoms with van der Waals surface area (Å²) in [7, 11) is 0. The zero-order chi connectivity index (χ0) is 28.9. The van der Waals surface area contributed by atoms with E-state index in [0.29, 0.717) is 27.4 Å². The maximum atomic E-state index is 13.9. The number of halogens is 3. The van der Waals surface area contributed by atoms with Crippen molar-refractivity contribution < 1.29 is 32.6 Å². The number of benzene rings is 1. The normalized spacial score (nSPS) is 18.7. The van der Waals surface area contributed by atoms with Crippen LogP contribution in [0, 0.1) is 5.92 Å². The van der Waals surface area contributed by atoms with Crippen LogP contribution < -0.4 is 20.3 Å². The van der Waals surface area contributed by atoms with Crippen molar-refractivity contribution in [3.8, 4) is 5.75 Å². The molecular weight excluding hydrogens is 578 g/mol. The van der Waals surface area contributed by atoms with E-state index in [1.54, 1.807) is 18.2 Å². The van der Waals surface area contributed by atoms with Crippen molar-refractivity contribution in [2.75, 3.05) is 43.1 Å². The van der Waals surface area contributed by atoms with E-state index in [4.69, 9.17) is 21.1 Å². The summed E-state index contributed by atoms with van der Waals surface area (Å²) in [6, 6.07) is 7.08. The van der Waals surface area contributed by atoms with Crippen LogP contribution >= 0.6 is 22.9 Å². The fourth-order valence-corrected chi connectivity index (χ4v) is 6.24. The Hall–Kier alpha value is -2.80. The lowest BCUT2D eigenvalue weighted by molar-refractivity contribution is -0.126. The Morgan fingerprint density at radius 2 is 1.95 bits per heavy atom. The van der Waals surface area contributed by atoms with Gasteiger partial charge in [0.1, 0.15) is 12.6 Å². The molecule has 1 saturated heterocycles. The number of nitrogens with one attached hydrogen (secondary N) is 2. The number of ether oxygens (including phenoxy) is 2. The molecule has 3 fully saturated rings. The highest BCUT2D eigenvalue weighted by Crippen LogP contribution is 2.35. The zero-order valence-electron chi connectivity index (χ0n) is 22.5. The number of hydrogen-bond donors (Lipinski definition) is 2. The van der Waals surface area contributed by atoms with Crippen molar-refractivity contribution in [1.82, 2.24) is 10.2 Å². The average molecular weight is 611 g/mol. The Morgan fingerprint density at radius 3 is 2.56 bits per heavy atom. The number of amides is 3. The molecule has 1 atom stereocenters. The third-order valence-electron chi connectivity index (χ3n) is 7.93. The highest BCUT2D eigenvalue weighted by molar-refractivity contribution is 7.18. The first-order valence-electron chi connectivity index (χ1n) is 13.9. The molecule has 222 valence electrons. The van der Waals surface area contributed by atoms with Gasteiger partial charge in [-0.05, 0) is 55.9 Å². The molecule has 2 aliphatic carbocycles. The molecule has 0 spiro atoms. The number of carbonyl (C=O) groups is 3. The van der Waals surface area contributed by atoms with Gasteiger partial charge in [-0.2, -0.15) is 8.78 Å². The van der Waals surface area contributed by atoms with Crippen molar-refractivity contribution in [3.63, 3.8) is 0 Å². The summed E-state index contributed by atoms with van der Waals surface area (Å²) in [4.78, 5) is 43.0. The fraction of sp³-hybridized carbons (Fsp3) is 0.536. The molecule has 0 radical (unpaired) electrons. The van der Waals surface area contributed by atoms with E-state index >= 15 is 0 Å². The number of thiophene rings is 1. The summed E-state index contributed by atoms with van der Waals surface area (Å²) in [6.07, 6.45) is 6.30. The summed E-state index contributed by atoms with van der Waals surface area (Å²) in [6.45, 7) is -1.89. The molecule has 3 aliphatic rings. The van der Waals surface area contributed by atoms with Crippen molar-refractivity contribution in [1.29, 1.82) is 0 Å². The van der Waals surface area contributed by atoms with Gasteiger partial charge in [-0.1, -0.05) is 24.4 Å². The highest BCUT2D eigenvalue weighted by atomic mass is 35.5. The van der Waals surface area contributed by atoms with Crippen LogP contribution in [-0.4, -0.2) is 74.2 Å². The maximum Gasteiger partial charge on any atom is 0.387 e. The van der Waals surface area contributed by atoms with E-state index in [1.807, 2.05) is 0 Å². The molecule has 2 aromatic rings. The number of rotatable bonds is 12. The van der Waals surface area contributed by atoms with E-state index in [-0.39, 0.29) is 49.0 Å². The van der Waals surface area contributed by atoms with Crippen LogP contribution in [0.25, 0.3) is 0 Å². The Labute approximate surface area is 246 Å². The van der Waals surface area contributed by atoms with Crippen LogP contribution in [0.1, 0.15) is 48.2 Å². The average Bonchev–Trinajstić information content (AvgIpc) is 3.32. The SMILES string of the molecule is O=C(NC[C@@H](C(=O)Nc1ccc(N2CCOCC2=O)cc1OC(F)F)N(CC1CCC1)C1CCC1)c1ccc(Cl)s1. The lowest BCUT2D eigenvalue weighted by Gasteiger charge is -2.45. The second-order valence-electron chi connectivity index (χ2n) is 10.6. The number of morpholine rings is 1. The Morgan fingerprint density at radius 1 is 1.17 bits per heavy atom. The first kappa shape index (κ1) is 29.7. The maximum absolute atomic E-state index is 13.9. The quantitative estimate of drug-likeness (QED) is 0.360. The Kier molecular flexibility index (Phi) is 9.74. The third kappa shape index (κ3) is 7.35. The van der Waals surface area contributed by atoms with E-state index in [0.717, 1.165) is 56.4 Å². The van der Waals surface area contributed by atoms with E-state index in [2.05, 4.69) is 15.5 Å². The predicted molar refractivity (Wildman–Crippen MR) is 152 cm³/mol. The molecule has 9 nitrogen and oxygen atoms in total. The number of hydrogen-bond acceptors (Lipinski definition) is 7. The largest absolute Gasteiger partial charge is 0.433 e. The lowest BCUT2D eigenvalue weighted by Crippen LogP contribution is -2.57. The zero-order valence-corrected chi connectivity index (χ0v) is 24.0. The van der Waals surface area contributed by atoms with Gasteiger partial charge in [-0.25, -0.2) is 0 Å². The first-order valence-corrected chi connectivity index (χ1v) is 15.0. The van der Waals surface area contributed by atoms with Gasteiger partial charge in [0.15, 0.2) is 5.75 Å². The Balaban J connectivity index is 1.38. The molecule has 2 heterocycles. The topological polar surface area (TPSA) is 100 Å². The van der Waals surface area contributed by atoms with E-state index in [1.165, 1.54) is 17.0 Å². The van der Waals surface area contributed by atoms with Crippen LogP contribution in [0.4, 0.5) is 20.2 Å². The Bertz CT molecular complexity index is 1260. The molecule has 2 saturated carbocycles. The fourth-order valence-electron chi connectivity index (χ4n) is 5.28. The van der Waals surface area contributed by atoms with Gasteiger partial charge in [-0.3, -0.25) is 19.3 Å². The summed E-state index contributed by atoms with van der Waals surface area (Å²) in [5.41, 5.74) is 0.421. The predicted octanol–water partition coefficient (Wildman–Crippen LogP) is 4.76. The standard InChI is InChI=1S/C28H33ClF2N4O5S/c29-24-10-9-23(41-24)27(38)32-14-21(35(18-5-2-6-18)15-17-3-1-4-17)26(37)33-20-8-7-19(13-22(20)40-28(30)31)34-11-12-39-16-25(34)36/h7-10,13,17-18,21,28H,1-6,11-12,14-16H2,(H,32,38)(H,33,37)/t21-/m0/s1. The van der Waals surface area contributed by atoms with Crippen LogP contribution in [0.2, 0.25) is 4.34 Å². The molecular formula is C28H33ClF2N4O5S. The summed E-state index contributed by atoms with van der Waals surface area (Å²) >= 11 is 7.15. The van der Waals surface area contributed by atoms with Gasteiger partial charge in [0.05, 0.1) is 21.5 Å². The van der Waals surface area contributed by atoms with Crippen molar-refractivity contribution in [2.45, 2.75) is 57.2 Å². The van der Waals surface area contributed by atoms with Gasteiger partial charge < -0.3 is 25.0 Å². The highest BCUT2D eigenvalue weighted by Gasteiger charge is 2.37. The molecule has 1 aromatic carbocycles. The van der Waals surface area contributed by atoms with Crippen LogP contribution in [0.15, 0.2) is 30.3 Å². The van der Waals surface area contributed by atoms with E-state index < -0.39 is 18.6 Å². The number of alkyl halides is 2. The summed E-state index contributed by atoms with van der Waals surface area (Å²) in [5, 5.41) is 5.66.